The zero-order valence-corrected chi connectivity index (χ0v) is 7.81. The van der Waals surface area contributed by atoms with Gasteiger partial charge in [0.05, 0.1) is 11.4 Å². The monoisotopic (exact) mass is 189 g/mol. The van der Waals surface area contributed by atoms with Crippen LogP contribution in [0, 0.1) is 6.92 Å². The molecule has 0 spiro atoms. The van der Waals surface area contributed by atoms with E-state index in [4.69, 9.17) is 5.73 Å². The molecule has 2 rings (SSSR count). The first-order valence-corrected chi connectivity index (χ1v) is 4.27. The molecule has 4 heteroatoms. The maximum Gasteiger partial charge on any atom is 0.117 e. The molecule has 0 aliphatic heterocycles. The summed E-state index contributed by atoms with van der Waals surface area (Å²) in [6, 6.07) is 4.89. The summed E-state index contributed by atoms with van der Waals surface area (Å²) in [6.07, 6.45) is 3.54. The third-order valence-corrected chi connectivity index (χ3v) is 2.10. The van der Waals surface area contributed by atoms with E-state index in [1.165, 1.54) is 6.07 Å². The molecule has 14 heavy (non-hydrogen) atoms. The number of aromatic nitrogens is 2. The van der Waals surface area contributed by atoms with Gasteiger partial charge in [0.15, 0.2) is 0 Å². The largest absolute Gasteiger partial charge is 0.508 e. The van der Waals surface area contributed by atoms with Crippen LogP contribution in [-0.2, 0) is 0 Å². The first-order valence-electron chi connectivity index (χ1n) is 4.27. The topological polar surface area (TPSA) is 64.1 Å². The van der Waals surface area contributed by atoms with E-state index in [1.54, 1.807) is 18.3 Å². The molecule has 0 aliphatic carbocycles. The lowest BCUT2D eigenvalue weighted by Crippen LogP contribution is -2.00. The van der Waals surface area contributed by atoms with Crippen LogP contribution in [-0.4, -0.2) is 14.7 Å². The molecule has 0 bridgehead atoms. The Labute approximate surface area is 81.6 Å². The molecule has 3 N–H and O–H groups in total. The van der Waals surface area contributed by atoms with Crippen molar-refractivity contribution < 1.29 is 5.11 Å². The SMILES string of the molecule is Cc1nccn1-c1ccc(O)cc1N. The number of aryl methyl sites for hydroxylation is 1. The highest BCUT2D eigenvalue weighted by Gasteiger charge is 2.04. The average Bonchev–Trinajstić information content (AvgIpc) is 2.52. The van der Waals surface area contributed by atoms with E-state index < -0.39 is 0 Å². The van der Waals surface area contributed by atoms with E-state index in [-0.39, 0.29) is 5.75 Å². The maximum absolute atomic E-state index is 9.20. The predicted octanol–water partition coefficient (Wildman–Crippen LogP) is 1.47. The molecule has 72 valence electrons. The van der Waals surface area contributed by atoms with Gasteiger partial charge in [-0.1, -0.05) is 0 Å². The molecular formula is C10H11N3O. The van der Waals surface area contributed by atoms with Crippen molar-refractivity contribution in [3.63, 3.8) is 0 Å². The molecule has 1 aromatic carbocycles. The molecule has 0 radical (unpaired) electrons. The third-order valence-electron chi connectivity index (χ3n) is 2.10. The Kier molecular flexibility index (Phi) is 1.89. The van der Waals surface area contributed by atoms with Crippen molar-refractivity contribution >= 4 is 5.69 Å². The second kappa shape index (κ2) is 3.06. The van der Waals surface area contributed by atoms with Gasteiger partial charge in [-0.25, -0.2) is 4.98 Å². The van der Waals surface area contributed by atoms with Gasteiger partial charge in [0.25, 0.3) is 0 Å². The van der Waals surface area contributed by atoms with E-state index in [0.717, 1.165) is 11.5 Å². The fourth-order valence-electron chi connectivity index (χ4n) is 1.39. The summed E-state index contributed by atoms with van der Waals surface area (Å²) in [4.78, 5) is 4.10. The van der Waals surface area contributed by atoms with Crippen molar-refractivity contribution in [2.45, 2.75) is 6.92 Å². The van der Waals surface area contributed by atoms with Gasteiger partial charge in [0, 0.05) is 18.5 Å². The molecule has 0 saturated carbocycles. The van der Waals surface area contributed by atoms with Gasteiger partial charge in [-0.3, -0.25) is 0 Å². The number of anilines is 1. The van der Waals surface area contributed by atoms with Gasteiger partial charge in [-0.15, -0.1) is 0 Å². The van der Waals surface area contributed by atoms with Crippen molar-refractivity contribution in [1.29, 1.82) is 0 Å². The molecule has 4 nitrogen and oxygen atoms in total. The molecule has 0 fully saturated rings. The molecular weight excluding hydrogens is 178 g/mol. The quantitative estimate of drug-likeness (QED) is 0.667. The number of nitrogens with zero attached hydrogens (tertiary/aromatic N) is 2. The van der Waals surface area contributed by atoms with Crippen LogP contribution in [0.1, 0.15) is 5.82 Å². The maximum atomic E-state index is 9.20. The summed E-state index contributed by atoms with van der Waals surface area (Å²) < 4.78 is 1.87. The minimum atomic E-state index is 0.170. The Morgan fingerprint density at radius 3 is 2.79 bits per heavy atom. The highest BCUT2D eigenvalue weighted by molar-refractivity contribution is 5.60. The van der Waals surface area contributed by atoms with Gasteiger partial charge in [-0.2, -0.15) is 0 Å². The summed E-state index contributed by atoms with van der Waals surface area (Å²) in [5.41, 5.74) is 7.14. The van der Waals surface area contributed by atoms with Crippen LogP contribution < -0.4 is 5.73 Å². The highest BCUT2D eigenvalue weighted by atomic mass is 16.3. The molecule has 1 aromatic heterocycles. The fraction of sp³-hybridized carbons (Fsp3) is 0.100. The summed E-state index contributed by atoms with van der Waals surface area (Å²) in [5.74, 6) is 1.03. The van der Waals surface area contributed by atoms with Gasteiger partial charge in [0.2, 0.25) is 0 Å². The van der Waals surface area contributed by atoms with Crippen LogP contribution in [0.5, 0.6) is 5.75 Å². The smallest absolute Gasteiger partial charge is 0.117 e. The second-order valence-corrected chi connectivity index (χ2v) is 3.09. The number of aromatic hydroxyl groups is 1. The van der Waals surface area contributed by atoms with Crippen LogP contribution in [0.15, 0.2) is 30.6 Å². The van der Waals surface area contributed by atoms with Crippen molar-refractivity contribution in [2.24, 2.45) is 0 Å². The van der Waals surface area contributed by atoms with Crippen LogP contribution >= 0.6 is 0 Å². The summed E-state index contributed by atoms with van der Waals surface area (Å²) >= 11 is 0. The van der Waals surface area contributed by atoms with E-state index in [2.05, 4.69) is 4.98 Å². The Morgan fingerprint density at radius 1 is 1.43 bits per heavy atom. The Bertz CT molecular complexity index is 462. The summed E-state index contributed by atoms with van der Waals surface area (Å²) in [6.45, 7) is 1.90. The third kappa shape index (κ3) is 1.31. The lowest BCUT2D eigenvalue weighted by molar-refractivity contribution is 0.475. The highest BCUT2D eigenvalue weighted by Crippen LogP contribution is 2.22. The van der Waals surface area contributed by atoms with Crippen molar-refractivity contribution in [3.8, 4) is 11.4 Å². The van der Waals surface area contributed by atoms with E-state index in [0.29, 0.717) is 5.69 Å². The first kappa shape index (κ1) is 8.62. The van der Waals surface area contributed by atoms with E-state index >= 15 is 0 Å². The number of imidazole rings is 1. The van der Waals surface area contributed by atoms with Crippen LogP contribution in [0.3, 0.4) is 0 Å². The van der Waals surface area contributed by atoms with Gasteiger partial charge < -0.3 is 15.4 Å². The molecule has 0 amide bonds. The van der Waals surface area contributed by atoms with E-state index in [9.17, 15) is 5.11 Å². The fourth-order valence-corrected chi connectivity index (χ4v) is 1.39. The molecule has 0 saturated heterocycles. The normalized spacial score (nSPS) is 10.4. The lowest BCUT2D eigenvalue weighted by Gasteiger charge is -2.08. The van der Waals surface area contributed by atoms with E-state index in [1.807, 2.05) is 17.7 Å². The Morgan fingerprint density at radius 2 is 2.21 bits per heavy atom. The number of rotatable bonds is 1. The number of phenolic OH excluding ortho intramolecular Hbond substituents is 1. The number of benzene rings is 1. The van der Waals surface area contributed by atoms with Crippen LogP contribution in [0.2, 0.25) is 0 Å². The number of nitrogen functional groups attached to an aromatic ring is 1. The minimum absolute atomic E-state index is 0.170. The van der Waals surface area contributed by atoms with Crippen LogP contribution in [0.4, 0.5) is 5.69 Å². The average molecular weight is 189 g/mol. The number of phenols is 1. The van der Waals surface area contributed by atoms with Gasteiger partial charge >= 0.3 is 0 Å². The molecule has 0 unspecified atom stereocenters. The Balaban J connectivity index is 2.58. The number of hydrogen-bond donors (Lipinski definition) is 2. The summed E-state index contributed by atoms with van der Waals surface area (Å²) in [5, 5.41) is 9.20. The van der Waals surface area contributed by atoms with Gasteiger partial charge in [-0.05, 0) is 19.1 Å². The number of hydrogen-bond acceptors (Lipinski definition) is 3. The van der Waals surface area contributed by atoms with Crippen LogP contribution in [0.25, 0.3) is 5.69 Å². The second-order valence-electron chi connectivity index (χ2n) is 3.09. The zero-order chi connectivity index (χ0) is 10.1. The summed E-state index contributed by atoms with van der Waals surface area (Å²) in [7, 11) is 0. The standard InChI is InChI=1S/C10H11N3O/c1-7-12-4-5-13(7)10-3-2-8(14)6-9(10)11/h2-6,14H,11H2,1H3. The van der Waals surface area contributed by atoms with Crippen molar-refractivity contribution in [2.75, 3.05) is 5.73 Å². The molecule has 2 aromatic rings. The van der Waals surface area contributed by atoms with Gasteiger partial charge in [0.1, 0.15) is 11.6 Å². The first-order chi connectivity index (χ1) is 6.68. The van der Waals surface area contributed by atoms with Crippen molar-refractivity contribution in [3.05, 3.63) is 36.4 Å². The minimum Gasteiger partial charge on any atom is -0.508 e. The molecule has 0 atom stereocenters. The zero-order valence-electron chi connectivity index (χ0n) is 7.81. The molecule has 1 heterocycles. The van der Waals surface area contributed by atoms with Crippen molar-refractivity contribution in [1.82, 2.24) is 9.55 Å². The molecule has 0 aliphatic rings. The Hall–Kier alpha value is -1.97. The lowest BCUT2D eigenvalue weighted by atomic mass is 10.2. The number of nitrogens with two attached hydrogens (primary N) is 1. The predicted molar refractivity (Wildman–Crippen MR) is 54.4 cm³/mol.